The van der Waals surface area contributed by atoms with Crippen molar-refractivity contribution in [1.82, 2.24) is 14.5 Å². The minimum absolute atomic E-state index is 0.251. The lowest BCUT2D eigenvalue weighted by molar-refractivity contribution is 0.0292. The van der Waals surface area contributed by atoms with Gasteiger partial charge in [0.25, 0.3) is 0 Å². The fraction of sp³-hybridized carbons (Fsp3) is 0.594. The Kier molecular flexibility index (Phi) is 10.5. The molecule has 0 aromatic heterocycles. The molecule has 1 saturated heterocycles. The van der Waals surface area contributed by atoms with Gasteiger partial charge in [-0.2, -0.15) is 0 Å². The van der Waals surface area contributed by atoms with Gasteiger partial charge in [0.2, 0.25) is 10.0 Å². The van der Waals surface area contributed by atoms with Crippen molar-refractivity contribution in [1.29, 1.82) is 0 Å². The molecule has 3 rings (SSSR count). The SMILES string of the molecule is CC(C)c1cc(C2CCN(C(=O)OC(C)(C)C)C2)cc(C(C)C)c1CCNS(=O)(=O)c1ccc(CN(C)C)cc1. The van der Waals surface area contributed by atoms with E-state index < -0.39 is 15.6 Å². The van der Waals surface area contributed by atoms with Crippen LogP contribution >= 0.6 is 0 Å². The van der Waals surface area contributed by atoms with E-state index in [0.717, 1.165) is 18.5 Å². The van der Waals surface area contributed by atoms with Crippen LogP contribution in [0.5, 0.6) is 0 Å². The van der Waals surface area contributed by atoms with Crippen molar-refractivity contribution in [2.45, 2.75) is 96.1 Å². The average molecular weight is 572 g/mol. The first-order valence-corrected chi connectivity index (χ1v) is 15.9. The standard InChI is InChI=1S/C32H49N3O4S/c1-22(2)29-18-26(25-15-17-35(21-25)31(36)39-32(5,6)7)19-30(23(3)4)28(29)14-16-33-40(37,38)27-12-10-24(11-13-27)20-34(8)9/h10-13,18-19,22-23,25,33H,14-17,20-21H2,1-9H3. The molecule has 222 valence electrons. The Bertz CT molecular complexity index is 1230. The van der Waals surface area contributed by atoms with Crippen LogP contribution in [0.1, 0.15) is 100 Å². The highest BCUT2D eigenvalue weighted by atomic mass is 32.2. The molecule has 8 heteroatoms. The lowest BCUT2D eigenvalue weighted by atomic mass is 9.82. The molecular weight excluding hydrogens is 522 g/mol. The fourth-order valence-electron chi connectivity index (χ4n) is 5.35. The third kappa shape index (κ3) is 8.54. The summed E-state index contributed by atoms with van der Waals surface area (Å²) in [5.41, 5.74) is 5.54. The van der Waals surface area contributed by atoms with Crippen LogP contribution in [0.3, 0.4) is 0 Å². The van der Waals surface area contributed by atoms with E-state index in [0.29, 0.717) is 26.1 Å². The maximum Gasteiger partial charge on any atom is 0.410 e. The van der Waals surface area contributed by atoms with Gasteiger partial charge in [0.05, 0.1) is 4.90 Å². The summed E-state index contributed by atoms with van der Waals surface area (Å²) < 4.78 is 34.5. The van der Waals surface area contributed by atoms with Gasteiger partial charge in [-0.1, -0.05) is 52.0 Å². The van der Waals surface area contributed by atoms with E-state index in [1.165, 1.54) is 22.3 Å². The first-order valence-electron chi connectivity index (χ1n) is 14.4. The Labute approximate surface area is 242 Å². The molecule has 0 saturated carbocycles. The average Bonchev–Trinajstić information content (AvgIpc) is 3.33. The van der Waals surface area contributed by atoms with Crippen LogP contribution in [0.4, 0.5) is 4.79 Å². The number of benzene rings is 2. The molecule has 1 heterocycles. The number of ether oxygens (including phenoxy) is 1. The zero-order valence-electron chi connectivity index (χ0n) is 25.9. The fourth-order valence-corrected chi connectivity index (χ4v) is 6.39. The topological polar surface area (TPSA) is 79.0 Å². The summed E-state index contributed by atoms with van der Waals surface area (Å²) >= 11 is 0. The van der Waals surface area contributed by atoms with Crippen LogP contribution in [-0.2, 0) is 27.7 Å². The molecule has 2 aromatic carbocycles. The summed E-state index contributed by atoms with van der Waals surface area (Å²) in [4.78, 5) is 16.8. The van der Waals surface area contributed by atoms with Crippen LogP contribution in [0, 0.1) is 0 Å². The van der Waals surface area contributed by atoms with Crippen LogP contribution in [0.2, 0.25) is 0 Å². The molecule has 1 amide bonds. The van der Waals surface area contributed by atoms with Gasteiger partial charge in [0, 0.05) is 32.1 Å². The first kappa shape index (κ1) is 32.1. The quantitative estimate of drug-likeness (QED) is 0.365. The van der Waals surface area contributed by atoms with Crippen molar-refractivity contribution >= 4 is 16.1 Å². The minimum atomic E-state index is -3.60. The molecule has 1 aliphatic rings. The van der Waals surface area contributed by atoms with Gasteiger partial charge in [0.1, 0.15) is 5.60 Å². The minimum Gasteiger partial charge on any atom is -0.444 e. The highest BCUT2D eigenvalue weighted by Crippen LogP contribution is 2.36. The zero-order chi connectivity index (χ0) is 29.8. The normalized spacial score (nSPS) is 16.4. The Balaban J connectivity index is 1.78. The van der Waals surface area contributed by atoms with Gasteiger partial charge in [-0.15, -0.1) is 0 Å². The second-order valence-electron chi connectivity index (χ2n) is 12.9. The molecular formula is C32H49N3O4S. The van der Waals surface area contributed by atoms with Crippen LogP contribution < -0.4 is 4.72 Å². The Morgan fingerprint density at radius 1 is 1.05 bits per heavy atom. The molecule has 1 aliphatic heterocycles. The Hall–Kier alpha value is -2.42. The number of amides is 1. The number of likely N-dealkylation sites (tertiary alicyclic amines) is 1. The van der Waals surface area contributed by atoms with Gasteiger partial charge in [0.15, 0.2) is 0 Å². The largest absolute Gasteiger partial charge is 0.444 e. The summed E-state index contributed by atoms with van der Waals surface area (Å²) in [5.74, 6) is 0.832. The predicted molar refractivity (Wildman–Crippen MR) is 163 cm³/mol. The number of nitrogens with zero attached hydrogens (tertiary/aromatic N) is 2. The molecule has 0 aliphatic carbocycles. The number of carbonyl (C=O) groups is 1. The van der Waals surface area contributed by atoms with Gasteiger partial charge in [-0.05, 0) is 99.5 Å². The second kappa shape index (κ2) is 13.0. The maximum atomic E-state index is 13.0. The number of carbonyl (C=O) groups excluding carboxylic acids is 1. The maximum absolute atomic E-state index is 13.0. The molecule has 2 aromatic rings. The molecule has 0 radical (unpaired) electrons. The van der Waals surface area contributed by atoms with E-state index in [2.05, 4.69) is 49.4 Å². The summed E-state index contributed by atoms with van der Waals surface area (Å²) in [6.07, 6.45) is 1.27. The lowest BCUT2D eigenvalue weighted by Crippen LogP contribution is -2.35. The Morgan fingerprint density at radius 2 is 1.62 bits per heavy atom. The summed E-state index contributed by atoms with van der Waals surface area (Å²) in [6.45, 7) is 16.9. The van der Waals surface area contributed by atoms with Crippen molar-refractivity contribution in [3.05, 3.63) is 64.2 Å². The van der Waals surface area contributed by atoms with Gasteiger partial charge in [-0.25, -0.2) is 17.9 Å². The number of hydrogen-bond donors (Lipinski definition) is 1. The van der Waals surface area contributed by atoms with E-state index in [1.807, 2.05) is 51.9 Å². The van der Waals surface area contributed by atoms with Gasteiger partial charge < -0.3 is 14.5 Å². The van der Waals surface area contributed by atoms with Crippen molar-refractivity contribution in [3.63, 3.8) is 0 Å². The molecule has 1 atom stereocenters. The third-order valence-corrected chi connectivity index (χ3v) is 8.77. The van der Waals surface area contributed by atoms with Crippen molar-refractivity contribution < 1.29 is 17.9 Å². The van der Waals surface area contributed by atoms with Crippen molar-refractivity contribution in [2.24, 2.45) is 0 Å². The third-order valence-electron chi connectivity index (χ3n) is 7.30. The highest BCUT2D eigenvalue weighted by Gasteiger charge is 2.31. The molecule has 0 spiro atoms. The second-order valence-corrected chi connectivity index (χ2v) is 14.7. The lowest BCUT2D eigenvalue weighted by Gasteiger charge is -2.25. The van der Waals surface area contributed by atoms with Crippen LogP contribution in [0.15, 0.2) is 41.3 Å². The molecule has 40 heavy (non-hydrogen) atoms. The molecule has 1 unspecified atom stereocenters. The van der Waals surface area contributed by atoms with Crippen LogP contribution in [0.25, 0.3) is 0 Å². The van der Waals surface area contributed by atoms with Crippen molar-refractivity contribution in [2.75, 3.05) is 33.7 Å². The van der Waals surface area contributed by atoms with E-state index in [-0.39, 0.29) is 28.7 Å². The number of hydrogen-bond acceptors (Lipinski definition) is 5. The Morgan fingerprint density at radius 3 is 2.12 bits per heavy atom. The number of nitrogens with one attached hydrogen (secondary N) is 1. The van der Waals surface area contributed by atoms with E-state index in [9.17, 15) is 13.2 Å². The number of rotatable bonds is 10. The molecule has 1 fully saturated rings. The molecule has 7 nitrogen and oxygen atoms in total. The van der Waals surface area contributed by atoms with Crippen molar-refractivity contribution in [3.8, 4) is 0 Å². The van der Waals surface area contributed by atoms with E-state index >= 15 is 0 Å². The van der Waals surface area contributed by atoms with Gasteiger partial charge in [-0.3, -0.25) is 0 Å². The monoisotopic (exact) mass is 571 g/mol. The first-order chi connectivity index (χ1) is 18.6. The summed E-state index contributed by atoms with van der Waals surface area (Å²) in [6, 6.07) is 11.7. The van der Waals surface area contributed by atoms with Crippen LogP contribution in [-0.4, -0.2) is 63.6 Å². The summed E-state index contributed by atoms with van der Waals surface area (Å²) in [7, 11) is 0.373. The van der Waals surface area contributed by atoms with E-state index in [1.54, 1.807) is 12.1 Å². The van der Waals surface area contributed by atoms with E-state index in [4.69, 9.17) is 4.74 Å². The predicted octanol–water partition coefficient (Wildman–Crippen LogP) is 6.24. The van der Waals surface area contributed by atoms with Gasteiger partial charge >= 0.3 is 6.09 Å². The highest BCUT2D eigenvalue weighted by molar-refractivity contribution is 7.89. The number of sulfonamides is 1. The summed E-state index contributed by atoms with van der Waals surface area (Å²) in [5, 5.41) is 0. The molecule has 1 N–H and O–H groups in total. The smallest absolute Gasteiger partial charge is 0.410 e. The molecule has 0 bridgehead atoms. The zero-order valence-corrected chi connectivity index (χ0v) is 26.7.